The third kappa shape index (κ3) is 3.02. The van der Waals surface area contributed by atoms with Gasteiger partial charge < -0.3 is 19.1 Å². The third-order valence-electron chi connectivity index (χ3n) is 6.39. The number of aryl methyl sites for hydroxylation is 1. The molecule has 2 bridgehead atoms. The molecule has 156 valence electrons. The molecule has 0 N–H and O–H groups in total. The van der Waals surface area contributed by atoms with Crippen molar-refractivity contribution in [3.63, 3.8) is 0 Å². The molecule has 3 aromatic heterocycles. The van der Waals surface area contributed by atoms with Crippen molar-refractivity contribution in [2.45, 2.75) is 37.5 Å². The lowest BCUT2D eigenvalue weighted by molar-refractivity contribution is 0.0244. The van der Waals surface area contributed by atoms with E-state index in [2.05, 4.69) is 20.9 Å². The third-order valence-corrected chi connectivity index (χ3v) is 6.39. The van der Waals surface area contributed by atoms with Crippen LogP contribution in [0.1, 0.15) is 19.3 Å². The van der Waals surface area contributed by atoms with Crippen LogP contribution in [0.15, 0.2) is 30.6 Å². The Morgan fingerprint density at radius 1 is 1.13 bits per heavy atom. The summed E-state index contributed by atoms with van der Waals surface area (Å²) in [6.45, 7) is 3.16. The Morgan fingerprint density at radius 2 is 2.00 bits per heavy atom. The lowest BCUT2D eigenvalue weighted by Crippen LogP contribution is -2.37. The summed E-state index contributed by atoms with van der Waals surface area (Å²) < 4.78 is 19.4. The van der Waals surface area contributed by atoms with Crippen LogP contribution < -0.4 is 9.64 Å². The lowest BCUT2D eigenvalue weighted by atomic mass is 10.1. The summed E-state index contributed by atoms with van der Waals surface area (Å²) in [7, 11) is 1.96. The topological polar surface area (TPSA) is 74.5 Å². The predicted molar refractivity (Wildman–Crippen MR) is 112 cm³/mol. The highest BCUT2D eigenvalue weighted by atomic mass is 16.5. The maximum Gasteiger partial charge on any atom is 0.225 e. The fraction of sp³-hybridized carbons (Fsp3) is 0.500. The van der Waals surface area contributed by atoms with E-state index in [0.29, 0.717) is 18.0 Å². The second-order valence-corrected chi connectivity index (χ2v) is 8.31. The number of morpholine rings is 1. The van der Waals surface area contributed by atoms with E-state index in [1.165, 1.54) is 0 Å². The highest BCUT2D eigenvalue weighted by molar-refractivity contribution is 5.97. The van der Waals surface area contributed by atoms with Gasteiger partial charge in [-0.25, -0.2) is 9.97 Å². The molecule has 3 aliphatic rings. The number of rotatable bonds is 4. The molecule has 0 aliphatic carbocycles. The highest BCUT2D eigenvalue weighted by Crippen LogP contribution is 2.37. The maximum atomic E-state index is 6.33. The Kier molecular flexibility index (Phi) is 4.35. The van der Waals surface area contributed by atoms with Gasteiger partial charge in [0.15, 0.2) is 0 Å². The molecule has 0 saturated carbocycles. The first kappa shape index (κ1) is 18.1. The van der Waals surface area contributed by atoms with E-state index in [4.69, 9.17) is 19.3 Å². The van der Waals surface area contributed by atoms with Crippen molar-refractivity contribution >= 4 is 16.7 Å². The van der Waals surface area contributed by atoms with Gasteiger partial charge in [-0.15, -0.1) is 0 Å². The first-order valence-electron chi connectivity index (χ1n) is 10.7. The first-order chi connectivity index (χ1) is 14.8. The maximum absolute atomic E-state index is 6.33. The molecule has 0 spiro atoms. The molecule has 8 heteroatoms. The monoisotopic (exact) mass is 407 g/mol. The molecule has 30 heavy (non-hydrogen) atoms. The summed E-state index contributed by atoms with van der Waals surface area (Å²) in [5.41, 5.74) is 2.92. The van der Waals surface area contributed by atoms with Crippen molar-refractivity contribution in [2.75, 3.05) is 31.3 Å². The fourth-order valence-electron chi connectivity index (χ4n) is 4.83. The zero-order valence-corrected chi connectivity index (χ0v) is 17.0. The van der Waals surface area contributed by atoms with Crippen LogP contribution in [-0.4, -0.2) is 64.4 Å². The van der Waals surface area contributed by atoms with Crippen molar-refractivity contribution in [2.24, 2.45) is 7.05 Å². The minimum absolute atomic E-state index is 0.123. The first-order valence-corrected chi connectivity index (χ1v) is 10.7. The number of nitrogens with zero attached hydrogens (tertiary/aromatic N) is 5. The standard InChI is InChI=1S/C22H25N5O3/c1-26-18-3-7-24-22(30-16-4-8-28-9-5-16)20(18)21(25-26)14-2-6-23-19(10-14)27-12-17-11-15(27)13-29-17/h2-3,6-7,10,15-17H,4-5,8-9,11-13H2,1H3/t15-,17-/m0/s1. The number of pyridine rings is 2. The summed E-state index contributed by atoms with van der Waals surface area (Å²) in [5.74, 6) is 1.63. The van der Waals surface area contributed by atoms with Gasteiger partial charge in [0.1, 0.15) is 17.6 Å². The average Bonchev–Trinajstić information content (AvgIpc) is 3.50. The predicted octanol–water partition coefficient (Wildman–Crippen LogP) is 2.57. The Morgan fingerprint density at radius 3 is 2.80 bits per heavy atom. The van der Waals surface area contributed by atoms with Gasteiger partial charge in [0.05, 0.1) is 42.9 Å². The van der Waals surface area contributed by atoms with Crippen LogP contribution in [0.3, 0.4) is 0 Å². The van der Waals surface area contributed by atoms with Gasteiger partial charge >= 0.3 is 0 Å². The molecule has 3 saturated heterocycles. The second kappa shape index (κ2) is 7.21. The largest absolute Gasteiger partial charge is 0.474 e. The van der Waals surface area contributed by atoms with Crippen molar-refractivity contribution < 1.29 is 14.2 Å². The van der Waals surface area contributed by atoms with Crippen LogP contribution in [0.5, 0.6) is 5.88 Å². The molecule has 3 aromatic rings. The molecular weight excluding hydrogens is 382 g/mol. The molecule has 0 radical (unpaired) electrons. The lowest BCUT2D eigenvalue weighted by Gasteiger charge is -2.28. The number of fused-ring (bicyclic) bond motifs is 3. The van der Waals surface area contributed by atoms with Crippen LogP contribution in [0, 0.1) is 0 Å². The summed E-state index contributed by atoms with van der Waals surface area (Å²) in [6.07, 6.45) is 6.97. The van der Waals surface area contributed by atoms with Crippen molar-refractivity contribution in [1.29, 1.82) is 0 Å². The zero-order chi connectivity index (χ0) is 20.1. The van der Waals surface area contributed by atoms with Crippen molar-refractivity contribution in [3.05, 3.63) is 30.6 Å². The molecule has 3 fully saturated rings. The Hall–Kier alpha value is -2.71. The van der Waals surface area contributed by atoms with Crippen molar-refractivity contribution in [1.82, 2.24) is 19.7 Å². The smallest absolute Gasteiger partial charge is 0.225 e. The average molecular weight is 407 g/mol. The number of hydrogen-bond acceptors (Lipinski definition) is 7. The summed E-state index contributed by atoms with van der Waals surface area (Å²) in [4.78, 5) is 11.6. The number of hydrogen-bond donors (Lipinski definition) is 0. The summed E-state index contributed by atoms with van der Waals surface area (Å²) >= 11 is 0. The summed E-state index contributed by atoms with van der Waals surface area (Å²) in [5, 5.41) is 5.78. The number of aromatic nitrogens is 4. The Balaban J connectivity index is 1.40. The van der Waals surface area contributed by atoms with Crippen molar-refractivity contribution in [3.8, 4) is 17.1 Å². The second-order valence-electron chi connectivity index (χ2n) is 8.31. The van der Waals surface area contributed by atoms with E-state index in [0.717, 1.165) is 73.6 Å². The zero-order valence-electron chi connectivity index (χ0n) is 17.0. The fourth-order valence-corrected chi connectivity index (χ4v) is 4.83. The van der Waals surface area contributed by atoms with E-state index < -0.39 is 0 Å². The van der Waals surface area contributed by atoms with Gasteiger partial charge in [0.2, 0.25) is 5.88 Å². The molecule has 6 heterocycles. The minimum Gasteiger partial charge on any atom is -0.474 e. The molecule has 6 rings (SSSR count). The normalized spacial score (nSPS) is 24.1. The molecule has 0 amide bonds. The van der Waals surface area contributed by atoms with E-state index in [-0.39, 0.29) is 6.10 Å². The molecule has 3 aliphatic heterocycles. The molecule has 2 atom stereocenters. The van der Waals surface area contributed by atoms with Gasteiger partial charge in [-0.3, -0.25) is 4.68 Å². The van der Waals surface area contributed by atoms with Crippen LogP contribution in [0.2, 0.25) is 0 Å². The Bertz CT molecular complexity index is 1080. The van der Waals surface area contributed by atoms with Crippen LogP contribution in [0.25, 0.3) is 22.2 Å². The van der Waals surface area contributed by atoms with Gasteiger partial charge in [0, 0.05) is 44.4 Å². The highest BCUT2D eigenvalue weighted by Gasteiger charge is 2.39. The Labute approximate surface area is 174 Å². The van der Waals surface area contributed by atoms with E-state index in [9.17, 15) is 0 Å². The quantitative estimate of drug-likeness (QED) is 0.658. The van der Waals surface area contributed by atoms with Gasteiger partial charge in [-0.2, -0.15) is 5.10 Å². The van der Waals surface area contributed by atoms with E-state index >= 15 is 0 Å². The number of anilines is 1. The van der Waals surface area contributed by atoms with Gasteiger partial charge in [-0.1, -0.05) is 0 Å². The van der Waals surface area contributed by atoms with Gasteiger partial charge in [-0.05, 0) is 24.6 Å². The van der Waals surface area contributed by atoms with Crippen LogP contribution in [0.4, 0.5) is 5.82 Å². The molecular formula is C22H25N5O3. The molecule has 8 nitrogen and oxygen atoms in total. The SMILES string of the molecule is Cn1nc(-c2ccnc(N3C[C@@H]4C[C@H]3CO4)c2)c2c(OC3CCOCC3)nccc21. The van der Waals surface area contributed by atoms with E-state index in [1.807, 2.05) is 30.1 Å². The molecule has 0 aromatic carbocycles. The van der Waals surface area contributed by atoms with E-state index in [1.54, 1.807) is 6.20 Å². The number of ether oxygens (including phenoxy) is 3. The minimum atomic E-state index is 0.123. The van der Waals surface area contributed by atoms with Gasteiger partial charge in [0.25, 0.3) is 0 Å². The summed E-state index contributed by atoms with van der Waals surface area (Å²) in [6, 6.07) is 6.56. The molecule has 0 unspecified atom stereocenters. The van der Waals surface area contributed by atoms with Crippen LogP contribution in [-0.2, 0) is 16.5 Å². The van der Waals surface area contributed by atoms with Crippen LogP contribution >= 0.6 is 0 Å².